The predicted molar refractivity (Wildman–Crippen MR) is 71.9 cm³/mol. The van der Waals surface area contributed by atoms with Gasteiger partial charge in [0.1, 0.15) is 0 Å². The quantitative estimate of drug-likeness (QED) is 0.906. The molecule has 3 nitrogen and oxygen atoms in total. The van der Waals surface area contributed by atoms with Gasteiger partial charge < -0.3 is 15.3 Å². The Bertz CT molecular complexity index is 514. The summed E-state index contributed by atoms with van der Waals surface area (Å²) in [6.45, 7) is 0.272. The molecule has 0 spiro atoms. The van der Waals surface area contributed by atoms with E-state index in [9.17, 15) is 5.11 Å². The van der Waals surface area contributed by atoms with Gasteiger partial charge in [-0.2, -0.15) is 0 Å². The van der Waals surface area contributed by atoms with E-state index in [0.717, 1.165) is 5.56 Å². The van der Waals surface area contributed by atoms with Crippen LogP contribution >= 0.6 is 23.2 Å². The lowest BCUT2D eigenvalue weighted by Gasteiger charge is -2.22. The SMILES string of the molecule is NCC(c1ccc(Cl)cc1Cl)C(O)c1ccoc1. The topological polar surface area (TPSA) is 59.4 Å². The molecule has 5 heteroatoms. The van der Waals surface area contributed by atoms with Crippen LogP contribution < -0.4 is 5.73 Å². The third-order valence-corrected chi connectivity index (χ3v) is 3.44. The standard InChI is InChI=1S/C13H13Cl2NO2/c14-9-1-2-10(12(15)5-9)11(6-16)13(17)8-3-4-18-7-8/h1-5,7,11,13,17H,6,16H2. The lowest BCUT2D eigenvalue weighted by atomic mass is 9.90. The molecule has 1 aromatic carbocycles. The first-order valence-electron chi connectivity index (χ1n) is 5.48. The number of aliphatic hydroxyl groups is 1. The summed E-state index contributed by atoms with van der Waals surface area (Å²) in [6.07, 6.45) is 2.25. The summed E-state index contributed by atoms with van der Waals surface area (Å²) >= 11 is 12.0. The first-order valence-corrected chi connectivity index (χ1v) is 6.24. The van der Waals surface area contributed by atoms with Gasteiger partial charge in [-0.05, 0) is 23.8 Å². The molecule has 2 atom stereocenters. The third-order valence-electron chi connectivity index (χ3n) is 2.88. The van der Waals surface area contributed by atoms with E-state index in [2.05, 4.69) is 0 Å². The van der Waals surface area contributed by atoms with Gasteiger partial charge in [-0.1, -0.05) is 29.3 Å². The highest BCUT2D eigenvalue weighted by atomic mass is 35.5. The van der Waals surface area contributed by atoms with Crippen molar-refractivity contribution in [2.24, 2.45) is 5.73 Å². The monoisotopic (exact) mass is 285 g/mol. The molecule has 18 heavy (non-hydrogen) atoms. The van der Waals surface area contributed by atoms with Crippen molar-refractivity contribution in [1.82, 2.24) is 0 Å². The van der Waals surface area contributed by atoms with Gasteiger partial charge in [0.25, 0.3) is 0 Å². The molecule has 1 aromatic heterocycles. The summed E-state index contributed by atoms with van der Waals surface area (Å²) in [5.41, 5.74) is 7.19. The fraction of sp³-hybridized carbons (Fsp3) is 0.231. The Kier molecular flexibility index (Phi) is 4.30. The van der Waals surface area contributed by atoms with Gasteiger partial charge in [0.05, 0.1) is 18.6 Å². The maximum Gasteiger partial charge on any atom is 0.0960 e. The molecule has 0 saturated heterocycles. The van der Waals surface area contributed by atoms with Crippen LogP contribution in [0.1, 0.15) is 23.1 Å². The minimum Gasteiger partial charge on any atom is -0.472 e. The van der Waals surface area contributed by atoms with Crippen LogP contribution in [0.5, 0.6) is 0 Å². The zero-order valence-corrected chi connectivity index (χ0v) is 11.0. The zero-order valence-electron chi connectivity index (χ0n) is 9.51. The fourth-order valence-corrected chi connectivity index (χ4v) is 2.45. The average molecular weight is 286 g/mol. The Morgan fingerprint density at radius 2 is 2.06 bits per heavy atom. The summed E-state index contributed by atoms with van der Waals surface area (Å²) < 4.78 is 4.96. The zero-order chi connectivity index (χ0) is 13.1. The summed E-state index contributed by atoms with van der Waals surface area (Å²) in [7, 11) is 0. The minimum absolute atomic E-state index is 0.272. The number of aliphatic hydroxyl groups excluding tert-OH is 1. The van der Waals surface area contributed by atoms with Gasteiger partial charge in [0.15, 0.2) is 0 Å². The Morgan fingerprint density at radius 3 is 2.61 bits per heavy atom. The molecule has 1 heterocycles. The first kappa shape index (κ1) is 13.4. The van der Waals surface area contributed by atoms with E-state index in [0.29, 0.717) is 15.6 Å². The largest absolute Gasteiger partial charge is 0.472 e. The van der Waals surface area contributed by atoms with Crippen LogP contribution in [0.2, 0.25) is 10.0 Å². The van der Waals surface area contributed by atoms with Crippen molar-refractivity contribution in [3.63, 3.8) is 0 Å². The summed E-state index contributed by atoms with van der Waals surface area (Å²) in [5.74, 6) is -0.299. The van der Waals surface area contributed by atoms with E-state index in [1.54, 1.807) is 24.3 Å². The number of furan rings is 1. The van der Waals surface area contributed by atoms with Gasteiger partial charge in [0.2, 0.25) is 0 Å². The van der Waals surface area contributed by atoms with Gasteiger partial charge >= 0.3 is 0 Å². The number of benzene rings is 1. The van der Waals surface area contributed by atoms with Crippen LogP contribution in [0.15, 0.2) is 41.2 Å². The van der Waals surface area contributed by atoms with Gasteiger partial charge in [-0.25, -0.2) is 0 Å². The second-order valence-corrected chi connectivity index (χ2v) is 4.85. The van der Waals surface area contributed by atoms with E-state index in [4.69, 9.17) is 33.4 Å². The molecule has 96 valence electrons. The molecule has 2 aromatic rings. The Hall–Kier alpha value is -1.00. The van der Waals surface area contributed by atoms with E-state index in [-0.39, 0.29) is 12.5 Å². The Balaban J connectivity index is 2.33. The van der Waals surface area contributed by atoms with Crippen molar-refractivity contribution >= 4 is 23.2 Å². The molecule has 0 aliphatic carbocycles. The number of hydrogen-bond acceptors (Lipinski definition) is 3. The fourth-order valence-electron chi connectivity index (χ4n) is 1.90. The van der Waals surface area contributed by atoms with Crippen molar-refractivity contribution < 1.29 is 9.52 Å². The van der Waals surface area contributed by atoms with Crippen LogP contribution in [0, 0.1) is 0 Å². The maximum absolute atomic E-state index is 10.3. The average Bonchev–Trinajstić information content (AvgIpc) is 2.86. The van der Waals surface area contributed by atoms with Crippen LogP contribution in [0.3, 0.4) is 0 Å². The molecule has 0 saturated carbocycles. The second kappa shape index (κ2) is 5.76. The molecule has 2 rings (SSSR count). The lowest BCUT2D eigenvalue weighted by Crippen LogP contribution is -2.20. The molecule has 2 unspecified atom stereocenters. The molecule has 0 aliphatic rings. The maximum atomic E-state index is 10.3. The highest BCUT2D eigenvalue weighted by Crippen LogP contribution is 2.35. The van der Waals surface area contributed by atoms with Crippen LogP contribution in [0.4, 0.5) is 0 Å². The number of rotatable bonds is 4. The molecule has 0 fully saturated rings. The normalized spacial score (nSPS) is 14.4. The van der Waals surface area contributed by atoms with Gasteiger partial charge in [-0.15, -0.1) is 0 Å². The number of hydrogen-bond donors (Lipinski definition) is 2. The highest BCUT2D eigenvalue weighted by Gasteiger charge is 2.24. The van der Waals surface area contributed by atoms with E-state index in [1.807, 2.05) is 0 Å². The number of halogens is 2. The van der Waals surface area contributed by atoms with Crippen molar-refractivity contribution in [3.05, 3.63) is 58.0 Å². The second-order valence-electron chi connectivity index (χ2n) is 4.01. The van der Waals surface area contributed by atoms with E-state index >= 15 is 0 Å². The summed E-state index contributed by atoms with van der Waals surface area (Å²) in [5, 5.41) is 11.3. The highest BCUT2D eigenvalue weighted by molar-refractivity contribution is 6.35. The van der Waals surface area contributed by atoms with Crippen molar-refractivity contribution in [3.8, 4) is 0 Å². The molecule has 3 N–H and O–H groups in total. The third kappa shape index (κ3) is 2.70. The first-order chi connectivity index (χ1) is 8.63. The predicted octanol–water partition coefficient (Wildman–Crippen LogP) is 3.36. The minimum atomic E-state index is -0.757. The molecule has 0 amide bonds. The van der Waals surface area contributed by atoms with Gasteiger partial charge in [0, 0.05) is 28.1 Å². The van der Waals surface area contributed by atoms with E-state index in [1.165, 1.54) is 12.5 Å². The molecule has 0 radical (unpaired) electrons. The smallest absolute Gasteiger partial charge is 0.0960 e. The van der Waals surface area contributed by atoms with Crippen molar-refractivity contribution in [2.75, 3.05) is 6.54 Å². The van der Waals surface area contributed by atoms with Crippen molar-refractivity contribution in [2.45, 2.75) is 12.0 Å². The lowest BCUT2D eigenvalue weighted by molar-refractivity contribution is 0.146. The summed E-state index contributed by atoms with van der Waals surface area (Å²) in [4.78, 5) is 0. The van der Waals surface area contributed by atoms with Gasteiger partial charge in [-0.3, -0.25) is 0 Å². The number of nitrogens with two attached hydrogens (primary N) is 1. The molecule has 0 aliphatic heterocycles. The van der Waals surface area contributed by atoms with E-state index < -0.39 is 6.10 Å². The molecular weight excluding hydrogens is 273 g/mol. The Morgan fingerprint density at radius 1 is 1.28 bits per heavy atom. The van der Waals surface area contributed by atoms with Crippen LogP contribution in [-0.4, -0.2) is 11.7 Å². The molecule has 0 bridgehead atoms. The molecular formula is C13H13Cl2NO2. The summed E-state index contributed by atoms with van der Waals surface area (Å²) in [6, 6.07) is 6.86. The van der Waals surface area contributed by atoms with Crippen molar-refractivity contribution in [1.29, 1.82) is 0 Å². The van der Waals surface area contributed by atoms with Crippen LogP contribution in [-0.2, 0) is 0 Å². The Labute approximate surface area is 115 Å². The van der Waals surface area contributed by atoms with Crippen LogP contribution in [0.25, 0.3) is 0 Å².